The number of carbonyl (C=O) groups is 1. The first-order valence-corrected chi connectivity index (χ1v) is 4.16. The maximum absolute atomic E-state index is 11.7. The van der Waals surface area contributed by atoms with E-state index >= 15 is 0 Å². The number of pyridine rings is 1. The van der Waals surface area contributed by atoms with Crippen LogP contribution in [0.25, 0.3) is 0 Å². The Labute approximate surface area is 78.0 Å². The molecule has 0 atom stereocenters. The monoisotopic (exact) mass is 178 g/mol. The largest absolute Gasteiger partial charge is 0.319 e. The molecule has 0 unspecified atom stereocenters. The Morgan fingerprint density at radius 3 is 2.54 bits per heavy atom. The Kier molecular flexibility index (Phi) is 2.48. The van der Waals surface area contributed by atoms with Crippen LogP contribution in [-0.4, -0.2) is 16.3 Å². The molecule has 0 aliphatic carbocycles. The summed E-state index contributed by atoms with van der Waals surface area (Å²) in [5, 5.41) is 0. The van der Waals surface area contributed by atoms with Crippen LogP contribution >= 0.6 is 0 Å². The van der Waals surface area contributed by atoms with Crippen LogP contribution in [0, 0.1) is 6.92 Å². The number of carbonyl (C=O) groups excluding carboxylic acids is 1. The van der Waals surface area contributed by atoms with Crippen molar-refractivity contribution in [2.75, 3.05) is 0 Å². The van der Waals surface area contributed by atoms with Gasteiger partial charge in [-0.1, -0.05) is 0 Å². The molecule has 70 valence electrons. The second-order valence-electron chi connectivity index (χ2n) is 3.80. The molecule has 0 spiro atoms. The molecular weight excluding hydrogens is 164 g/mol. The lowest BCUT2D eigenvalue weighted by atomic mass is 9.95. The molecular formula is C10H14N2O. The fourth-order valence-corrected chi connectivity index (χ4v) is 1.05. The molecule has 0 aliphatic rings. The minimum absolute atomic E-state index is 0.0799. The van der Waals surface area contributed by atoms with Gasteiger partial charge in [0.15, 0.2) is 5.78 Å². The highest BCUT2D eigenvalue weighted by Crippen LogP contribution is 2.10. The minimum atomic E-state index is -0.824. The molecule has 3 heteroatoms. The van der Waals surface area contributed by atoms with Crippen molar-refractivity contribution in [3.8, 4) is 0 Å². The first-order chi connectivity index (χ1) is 5.91. The molecule has 1 heterocycles. The number of aryl methyl sites for hydroxylation is 1. The van der Waals surface area contributed by atoms with Gasteiger partial charge in [0, 0.05) is 18.0 Å². The zero-order valence-electron chi connectivity index (χ0n) is 8.16. The van der Waals surface area contributed by atoms with Crippen molar-refractivity contribution in [1.82, 2.24) is 4.98 Å². The van der Waals surface area contributed by atoms with Crippen LogP contribution in [0.1, 0.15) is 29.8 Å². The predicted octanol–water partition coefficient (Wildman–Crippen LogP) is 1.31. The van der Waals surface area contributed by atoms with Crippen LogP contribution in [0.5, 0.6) is 0 Å². The smallest absolute Gasteiger partial charge is 0.183 e. The van der Waals surface area contributed by atoms with Gasteiger partial charge in [-0.15, -0.1) is 0 Å². The molecule has 1 rings (SSSR count). The Morgan fingerprint density at radius 2 is 2.08 bits per heavy atom. The Balaban J connectivity index is 3.03. The second kappa shape index (κ2) is 3.26. The number of ketones is 1. The van der Waals surface area contributed by atoms with E-state index in [-0.39, 0.29) is 5.78 Å². The van der Waals surface area contributed by atoms with Crippen molar-refractivity contribution in [1.29, 1.82) is 0 Å². The summed E-state index contributed by atoms with van der Waals surface area (Å²) >= 11 is 0. The lowest BCUT2D eigenvalue weighted by molar-refractivity contribution is 0.0913. The molecule has 0 radical (unpaired) electrons. The maximum atomic E-state index is 11.7. The van der Waals surface area contributed by atoms with Gasteiger partial charge in [-0.3, -0.25) is 9.78 Å². The number of nitrogens with two attached hydrogens (primary N) is 1. The molecule has 1 aromatic rings. The summed E-state index contributed by atoms with van der Waals surface area (Å²) in [4.78, 5) is 15.6. The van der Waals surface area contributed by atoms with Crippen LogP contribution in [0.3, 0.4) is 0 Å². The van der Waals surface area contributed by atoms with Gasteiger partial charge in [-0.05, 0) is 32.4 Å². The summed E-state index contributed by atoms with van der Waals surface area (Å²) in [6.07, 6.45) is 3.25. The average Bonchev–Trinajstić information content (AvgIpc) is 2.01. The zero-order chi connectivity index (χ0) is 10.1. The molecule has 0 saturated heterocycles. The van der Waals surface area contributed by atoms with Crippen molar-refractivity contribution in [2.45, 2.75) is 26.3 Å². The first kappa shape index (κ1) is 9.86. The van der Waals surface area contributed by atoms with E-state index < -0.39 is 5.54 Å². The fourth-order valence-electron chi connectivity index (χ4n) is 1.05. The summed E-state index contributed by atoms with van der Waals surface area (Å²) < 4.78 is 0. The third kappa shape index (κ3) is 2.36. The minimum Gasteiger partial charge on any atom is -0.319 e. The molecule has 13 heavy (non-hydrogen) atoms. The van der Waals surface area contributed by atoms with Crippen molar-refractivity contribution in [3.63, 3.8) is 0 Å². The molecule has 3 nitrogen and oxygen atoms in total. The number of nitrogens with zero attached hydrogens (tertiary/aromatic N) is 1. The van der Waals surface area contributed by atoms with Gasteiger partial charge in [0.2, 0.25) is 0 Å². The lowest BCUT2D eigenvalue weighted by Crippen LogP contribution is -2.41. The normalized spacial score (nSPS) is 11.4. The van der Waals surface area contributed by atoms with Gasteiger partial charge in [-0.25, -0.2) is 0 Å². The zero-order valence-corrected chi connectivity index (χ0v) is 8.16. The molecule has 0 aromatic carbocycles. The van der Waals surface area contributed by atoms with E-state index in [4.69, 9.17) is 5.73 Å². The number of hydrogen-bond donors (Lipinski definition) is 1. The van der Waals surface area contributed by atoms with E-state index in [0.29, 0.717) is 5.56 Å². The number of hydrogen-bond acceptors (Lipinski definition) is 3. The Bertz CT molecular complexity index is 326. The Hall–Kier alpha value is -1.22. The summed E-state index contributed by atoms with van der Waals surface area (Å²) in [6.45, 7) is 5.28. The SMILES string of the molecule is Cc1cncc(C(=O)C(C)(C)N)c1. The molecule has 0 bridgehead atoms. The van der Waals surface area contributed by atoms with Crippen molar-refractivity contribution >= 4 is 5.78 Å². The van der Waals surface area contributed by atoms with Crippen molar-refractivity contribution in [3.05, 3.63) is 29.6 Å². The highest BCUT2D eigenvalue weighted by atomic mass is 16.1. The van der Waals surface area contributed by atoms with Gasteiger partial charge in [0.05, 0.1) is 5.54 Å². The molecule has 0 aliphatic heterocycles. The van der Waals surface area contributed by atoms with E-state index in [0.717, 1.165) is 5.56 Å². The van der Waals surface area contributed by atoms with E-state index in [1.54, 1.807) is 32.3 Å². The fraction of sp³-hybridized carbons (Fsp3) is 0.400. The summed E-state index contributed by atoms with van der Waals surface area (Å²) in [5.41, 5.74) is 6.40. The topological polar surface area (TPSA) is 56.0 Å². The number of rotatable bonds is 2. The average molecular weight is 178 g/mol. The van der Waals surface area contributed by atoms with Gasteiger partial charge in [0.1, 0.15) is 0 Å². The van der Waals surface area contributed by atoms with E-state index in [2.05, 4.69) is 4.98 Å². The predicted molar refractivity (Wildman–Crippen MR) is 51.6 cm³/mol. The van der Waals surface area contributed by atoms with Gasteiger partial charge in [-0.2, -0.15) is 0 Å². The third-order valence-electron chi connectivity index (χ3n) is 1.72. The van der Waals surface area contributed by atoms with Crippen LogP contribution in [0.15, 0.2) is 18.5 Å². The van der Waals surface area contributed by atoms with Crippen LogP contribution in [0.2, 0.25) is 0 Å². The molecule has 0 saturated carbocycles. The lowest BCUT2D eigenvalue weighted by Gasteiger charge is -2.16. The number of Topliss-reactive ketones (excluding diaryl/α,β-unsaturated/α-hetero) is 1. The first-order valence-electron chi connectivity index (χ1n) is 4.16. The highest BCUT2D eigenvalue weighted by molar-refractivity contribution is 6.02. The summed E-state index contributed by atoms with van der Waals surface area (Å²) in [5.74, 6) is -0.0799. The molecule has 0 fully saturated rings. The molecule has 1 aromatic heterocycles. The van der Waals surface area contributed by atoms with Crippen LogP contribution < -0.4 is 5.73 Å². The van der Waals surface area contributed by atoms with Gasteiger partial charge < -0.3 is 5.73 Å². The van der Waals surface area contributed by atoms with E-state index in [1.807, 2.05) is 6.92 Å². The molecule has 2 N–H and O–H groups in total. The van der Waals surface area contributed by atoms with E-state index in [9.17, 15) is 4.79 Å². The standard InChI is InChI=1S/C10H14N2O/c1-7-4-8(6-12-5-7)9(13)10(2,3)11/h4-6H,11H2,1-3H3. The quantitative estimate of drug-likeness (QED) is 0.695. The third-order valence-corrected chi connectivity index (χ3v) is 1.72. The Morgan fingerprint density at radius 1 is 1.46 bits per heavy atom. The van der Waals surface area contributed by atoms with Gasteiger partial charge >= 0.3 is 0 Å². The summed E-state index contributed by atoms with van der Waals surface area (Å²) in [6, 6.07) is 1.80. The van der Waals surface area contributed by atoms with Gasteiger partial charge in [0.25, 0.3) is 0 Å². The molecule has 0 amide bonds. The second-order valence-corrected chi connectivity index (χ2v) is 3.80. The highest BCUT2D eigenvalue weighted by Gasteiger charge is 2.23. The number of aromatic nitrogens is 1. The van der Waals surface area contributed by atoms with Crippen LogP contribution in [-0.2, 0) is 0 Å². The van der Waals surface area contributed by atoms with Crippen molar-refractivity contribution < 1.29 is 4.79 Å². The summed E-state index contributed by atoms with van der Waals surface area (Å²) in [7, 11) is 0. The van der Waals surface area contributed by atoms with Crippen molar-refractivity contribution in [2.24, 2.45) is 5.73 Å². The van der Waals surface area contributed by atoms with E-state index in [1.165, 1.54) is 0 Å². The maximum Gasteiger partial charge on any atom is 0.183 e. The van der Waals surface area contributed by atoms with Crippen LogP contribution in [0.4, 0.5) is 0 Å².